The first-order valence-electron chi connectivity index (χ1n) is 12.4. The van der Waals surface area contributed by atoms with E-state index in [1.54, 1.807) is 5.57 Å². The Morgan fingerprint density at radius 3 is 2.61 bits per heavy atom. The number of hydrogen-bond donors (Lipinski definition) is 2. The lowest BCUT2D eigenvalue weighted by Crippen LogP contribution is -2.40. The molecule has 0 aromatic rings. The fourth-order valence-electron chi connectivity index (χ4n) is 5.45. The topological polar surface area (TPSA) is 41.3 Å². The number of fused-ring (bicyclic) bond motifs is 1. The third-order valence-electron chi connectivity index (χ3n) is 7.28. The van der Waals surface area contributed by atoms with E-state index in [-0.39, 0.29) is 0 Å². The Hall–Kier alpha value is -3.20. The van der Waals surface area contributed by atoms with E-state index in [1.807, 2.05) is 0 Å². The minimum atomic E-state index is 0.331. The van der Waals surface area contributed by atoms with Crippen LogP contribution < -0.4 is 11.1 Å². The van der Waals surface area contributed by atoms with E-state index in [2.05, 4.69) is 96.1 Å². The van der Waals surface area contributed by atoms with Crippen molar-refractivity contribution in [2.75, 3.05) is 6.54 Å². The molecule has 5 rings (SSSR count). The molecular formula is C30H35N3. The molecule has 1 aliphatic heterocycles. The van der Waals surface area contributed by atoms with E-state index in [1.165, 1.54) is 41.1 Å². The van der Waals surface area contributed by atoms with Crippen molar-refractivity contribution in [3.05, 3.63) is 118 Å². The smallest absolute Gasteiger partial charge is 0.0600 e. The van der Waals surface area contributed by atoms with Gasteiger partial charge >= 0.3 is 0 Å². The Morgan fingerprint density at radius 1 is 0.939 bits per heavy atom. The van der Waals surface area contributed by atoms with Gasteiger partial charge < -0.3 is 16.0 Å². The van der Waals surface area contributed by atoms with E-state index in [9.17, 15) is 0 Å². The van der Waals surface area contributed by atoms with Gasteiger partial charge in [-0.3, -0.25) is 0 Å². The van der Waals surface area contributed by atoms with Gasteiger partial charge in [-0.15, -0.1) is 0 Å². The quantitative estimate of drug-likeness (QED) is 0.547. The first-order chi connectivity index (χ1) is 16.2. The van der Waals surface area contributed by atoms with Crippen LogP contribution >= 0.6 is 0 Å². The molecule has 0 bridgehead atoms. The highest BCUT2D eigenvalue weighted by Crippen LogP contribution is 2.35. The van der Waals surface area contributed by atoms with Gasteiger partial charge in [0.1, 0.15) is 0 Å². The van der Waals surface area contributed by atoms with Crippen molar-refractivity contribution in [3.63, 3.8) is 0 Å². The zero-order valence-corrected chi connectivity index (χ0v) is 19.6. The van der Waals surface area contributed by atoms with Gasteiger partial charge in [0, 0.05) is 40.8 Å². The van der Waals surface area contributed by atoms with Crippen molar-refractivity contribution in [3.8, 4) is 0 Å². The SMILES string of the molecule is C/C1=C\C=C/CN(C2=CC=C(N)CC2)C2CC=CC(NC3=CCC(C4=CC=CCC4)C=C3)=C12. The van der Waals surface area contributed by atoms with Crippen molar-refractivity contribution in [2.45, 2.75) is 51.5 Å². The van der Waals surface area contributed by atoms with Crippen LogP contribution in [0.1, 0.15) is 45.4 Å². The van der Waals surface area contributed by atoms with Crippen LogP contribution in [0.2, 0.25) is 0 Å². The molecule has 0 spiro atoms. The van der Waals surface area contributed by atoms with E-state index < -0.39 is 0 Å². The third kappa shape index (κ3) is 4.78. The van der Waals surface area contributed by atoms with Crippen molar-refractivity contribution in [1.29, 1.82) is 0 Å². The van der Waals surface area contributed by atoms with Gasteiger partial charge in [0.2, 0.25) is 0 Å². The molecule has 2 atom stereocenters. The maximum Gasteiger partial charge on any atom is 0.0600 e. The van der Waals surface area contributed by atoms with Crippen molar-refractivity contribution in [1.82, 2.24) is 10.2 Å². The largest absolute Gasteiger partial charge is 0.402 e. The highest BCUT2D eigenvalue weighted by Gasteiger charge is 2.29. The summed E-state index contributed by atoms with van der Waals surface area (Å²) in [7, 11) is 0. The Bertz CT molecular complexity index is 1100. The summed E-state index contributed by atoms with van der Waals surface area (Å²) < 4.78 is 0. The van der Waals surface area contributed by atoms with Crippen LogP contribution in [0.5, 0.6) is 0 Å². The van der Waals surface area contributed by atoms with Gasteiger partial charge in [-0.05, 0) is 75.3 Å². The summed E-state index contributed by atoms with van der Waals surface area (Å²) in [4.78, 5) is 2.57. The predicted molar refractivity (Wildman–Crippen MR) is 139 cm³/mol. The first-order valence-corrected chi connectivity index (χ1v) is 12.4. The number of nitrogens with zero attached hydrogens (tertiary/aromatic N) is 1. The van der Waals surface area contributed by atoms with E-state index in [0.29, 0.717) is 12.0 Å². The Balaban J connectivity index is 1.40. The Morgan fingerprint density at radius 2 is 1.85 bits per heavy atom. The predicted octanol–water partition coefficient (Wildman–Crippen LogP) is 6.23. The molecule has 0 aromatic heterocycles. The molecule has 2 unspecified atom stereocenters. The van der Waals surface area contributed by atoms with Crippen LogP contribution in [0.3, 0.4) is 0 Å². The Labute approximate surface area is 198 Å². The molecule has 5 aliphatic rings. The van der Waals surface area contributed by atoms with Gasteiger partial charge in [0.05, 0.1) is 6.04 Å². The molecule has 1 heterocycles. The summed E-state index contributed by atoms with van der Waals surface area (Å²) >= 11 is 0. The highest BCUT2D eigenvalue weighted by molar-refractivity contribution is 5.49. The van der Waals surface area contributed by atoms with Crippen LogP contribution in [0.25, 0.3) is 0 Å². The van der Waals surface area contributed by atoms with Gasteiger partial charge in [-0.2, -0.15) is 0 Å². The number of allylic oxidation sites excluding steroid dienone is 14. The second kappa shape index (κ2) is 9.74. The lowest BCUT2D eigenvalue weighted by molar-refractivity contribution is 0.296. The van der Waals surface area contributed by atoms with Crippen LogP contribution in [-0.4, -0.2) is 17.5 Å². The molecule has 0 amide bonds. The molecule has 4 aliphatic carbocycles. The molecule has 33 heavy (non-hydrogen) atoms. The minimum Gasteiger partial charge on any atom is -0.402 e. The molecule has 0 saturated heterocycles. The summed E-state index contributed by atoms with van der Waals surface area (Å²) in [6.07, 6.45) is 35.8. The normalized spacial score (nSPS) is 29.6. The summed E-state index contributed by atoms with van der Waals surface area (Å²) in [5.74, 6) is 0.537. The van der Waals surface area contributed by atoms with Crippen LogP contribution in [0, 0.1) is 5.92 Å². The van der Waals surface area contributed by atoms with E-state index in [0.717, 1.165) is 37.9 Å². The molecule has 0 aromatic carbocycles. The second-order valence-corrected chi connectivity index (χ2v) is 9.51. The standard InChI is InChI=1S/C30H35N3/c1-22-8-5-6-21-33(27-19-15-25(31)16-20-27)29-12-7-11-28(30(22)29)32-26-17-13-24(14-18-26)23-9-3-2-4-10-23/h2-3,5-9,11,13,15,17-19,24,29,32H,4,10,12,14,16,20-21,31H2,1H3/b6-5-,22-8+. The number of nitrogens with two attached hydrogens (primary N) is 1. The number of rotatable bonds is 4. The fourth-order valence-corrected chi connectivity index (χ4v) is 5.45. The van der Waals surface area contributed by atoms with Crippen molar-refractivity contribution in [2.24, 2.45) is 11.7 Å². The number of nitrogens with one attached hydrogen (secondary N) is 1. The molecular weight excluding hydrogens is 402 g/mol. The maximum absolute atomic E-state index is 6.04. The van der Waals surface area contributed by atoms with Gasteiger partial charge in [0.25, 0.3) is 0 Å². The molecule has 0 radical (unpaired) electrons. The van der Waals surface area contributed by atoms with Gasteiger partial charge in [0.15, 0.2) is 0 Å². The maximum atomic E-state index is 6.04. The summed E-state index contributed by atoms with van der Waals surface area (Å²) in [6, 6.07) is 0.331. The van der Waals surface area contributed by atoms with Gasteiger partial charge in [-0.25, -0.2) is 0 Å². The number of hydrogen-bond acceptors (Lipinski definition) is 3. The van der Waals surface area contributed by atoms with Crippen LogP contribution in [0.15, 0.2) is 118 Å². The van der Waals surface area contributed by atoms with Crippen LogP contribution in [-0.2, 0) is 0 Å². The highest BCUT2D eigenvalue weighted by atomic mass is 15.2. The monoisotopic (exact) mass is 437 g/mol. The zero-order chi connectivity index (χ0) is 22.6. The average Bonchev–Trinajstić information content (AvgIpc) is 2.84. The molecule has 0 fully saturated rings. The van der Waals surface area contributed by atoms with Gasteiger partial charge in [-0.1, -0.05) is 60.3 Å². The minimum absolute atomic E-state index is 0.331. The van der Waals surface area contributed by atoms with Crippen molar-refractivity contribution >= 4 is 0 Å². The molecule has 170 valence electrons. The lowest BCUT2D eigenvalue weighted by Gasteiger charge is -2.40. The summed E-state index contributed by atoms with van der Waals surface area (Å²) in [5, 5.41) is 3.78. The third-order valence-corrected chi connectivity index (χ3v) is 7.28. The molecule has 3 heteroatoms. The Kier molecular flexibility index (Phi) is 6.39. The second-order valence-electron chi connectivity index (χ2n) is 9.51. The van der Waals surface area contributed by atoms with Crippen molar-refractivity contribution < 1.29 is 0 Å². The molecule has 3 N–H and O–H groups in total. The van der Waals surface area contributed by atoms with E-state index in [4.69, 9.17) is 5.73 Å². The molecule has 3 nitrogen and oxygen atoms in total. The zero-order valence-electron chi connectivity index (χ0n) is 19.6. The van der Waals surface area contributed by atoms with E-state index >= 15 is 0 Å². The summed E-state index contributed by atoms with van der Waals surface area (Å²) in [5.41, 5.74) is 15.1. The van der Waals surface area contributed by atoms with Crippen LogP contribution in [0.4, 0.5) is 0 Å². The first kappa shape index (κ1) is 21.6. The fraction of sp³-hybridized carbons (Fsp3) is 0.333. The summed E-state index contributed by atoms with van der Waals surface area (Å²) in [6.45, 7) is 3.17. The molecule has 0 saturated carbocycles. The lowest BCUT2D eigenvalue weighted by atomic mass is 9.86. The average molecular weight is 438 g/mol.